The molecule has 0 aliphatic carbocycles. The van der Waals surface area contributed by atoms with Gasteiger partial charge in [-0.1, -0.05) is 18.2 Å². The molecule has 8 heteroatoms. The minimum Gasteiger partial charge on any atom is -0.488 e. The number of guanidine groups is 1. The third-order valence-corrected chi connectivity index (χ3v) is 3.97. The summed E-state index contributed by atoms with van der Waals surface area (Å²) in [6.07, 6.45) is 0.523. The molecule has 1 aliphatic heterocycles. The molecule has 1 unspecified atom stereocenters. The lowest BCUT2D eigenvalue weighted by Gasteiger charge is -2.29. The van der Waals surface area contributed by atoms with Gasteiger partial charge in [0.25, 0.3) is 0 Å². The van der Waals surface area contributed by atoms with E-state index >= 15 is 0 Å². The molecule has 158 valence electrons. The van der Waals surface area contributed by atoms with Crippen molar-refractivity contribution in [2.75, 3.05) is 20.1 Å². The monoisotopic (exact) mass is 504 g/mol. The Bertz CT molecular complexity index is 661. The molecule has 0 spiro atoms. The van der Waals surface area contributed by atoms with E-state index in [0.29, 0.717) is 19.0 Å². The predicted molar refractivity (Wildman–Crippen MR) is 123 cm³/mol. The Kier molecular flexibility index (Phi) is 8.84. The molecule has 1 amide bonds. The second-order valence-electron chi connectivity index (χ2n) is 8.37. The van der Waals surface area contributed by atoms with Crippen molar-refractivity contribution in [3.05, 3.63) is 29.8 Å². The second-order valence-corrected chi connectivity index (χ2v) is 8.37. The first-order valence-electron chi connectivity index (χ1n) is 9.28. The number of benzene rings is 1. The van der Waals surface area contributed by atoms with Gasteiger partial charge in [0.05, 0.1) is 12.1 Å². The summed E-state index contributed by atoms with van der Waals surface area (Å²) in [5, 5.41) is 9.39. The van der Waals surface area contributed by atoms with Crippen molar-refractivity contribution in [2.24, 2.45) is 4.99 Å². The molecule has 1 aromatic rings. The van der Waals surface area contributed by atoms with Gasteiger partial charge in [-0.05, 0) is 46.2 Å². The number of carbonyl (C=O) groups excluding carboxylic acids is 1. The van der Waals surface area contributed by atoms with Crippen molar-refractivity contribution in [2.45, 2.75) is 58.3 Å². The third-order valence-electron chi connectivity index (χ3n) is 3.97. The Morgan fingerprint density at radius 1 is 1.21 bits per heavy atom. The lowest BCUT2D eigenvalue weighted by molar-refractivity contribution is 0.0474. The van der Waals surface area contributed by atoms with Gasteiger partial charge in [0.15, 0.2) is 5.96 Å². The van der Waals surface area contributed by atoms with Crippen molar-refractivity contribution in [1.82, 2.24) is 16.0 Å². The van der Waals surface area contributed by atoms with Crippen LogP contribution in [0.5, 0.6) is 5.75 Å². The molecule has 3 N–H and O–H groups in total. The minimum atomic E-state index is -0.524. The summed E-state index contributed by atoms with van der Waals surface area (Å²) in [6, 6.07) is 8.09. The van der Waals surface area contributed by atoms with Crippen molar-refractivity contribution in [1.29, 1.82) is 0 Å². The number of nitrogens with one attached hydrogen (secondary N) is 3. The van der Waals surface area contributed by atoms with E-state index in [0.717, 1.165) is 12.2 Å². The number of alkyl carbamates (subject to hydrolysis) is 1. The number of hydrogen-bond acceptors (Lipinski definition) is 4. The maximum Gasteiger partial charge on any atom is 0.408 e. The number of halogens is 1. The summed E-state index contributed by atoms with van der Waals surface area (Å²) < 4.78 is 11.2. The average molecular weight is 504 g/mol. The van der Waals surface area contributed by atoms with Crippen LogP contribution in [-0.4, -0.2) is 49.4 Å². The molecule has 0 saturated heterocycles. The van der Waals surface area contributed by atoms with Crippen LogP contribution in [0.2, 0.25) is 0 Å². The van der Waals surface area contributed by atoms with E-state index in [1.807, 2.05) is 52.8 Å². The van der Waals surface area contributed by atoms with Crippen molar-refractivity contribution in [3.8, 4) is 5.75 Å². The number of para-hydroxylation sites is 1. The van der Waals surface area contributed by atoms with Gasteiger partial charge in [-0.2, -0.15) is 0 Å². The van der Waals surface area contributed by atoms with Crippen LogP contribution in [0, 0.1) is 0 Å². The fraction of sp³-hybridized carbons (Fsp3) is 0.600. The van der Waals surface area contributed by atoms with Crippen LogP contribution in [0.3, 0.4) is 0 Å². The SMILES string of the molecule is CN=C(NCC1Cc2ccccc2O1)NCC(C)(C)NC(=O)OC(C)(C)C.I. The maximum absolute atomic E-state index is 12.0. The molecular formula is C20H33IN4O3. The quantitative estimate of drug-likeness (QED) is 0.326. The predicted octanol–water partition coefficient (Wildman–Crippen LogP) is 3.08. The first-order valence-corrected chi connectivity index (χ1v) is 9.28. The molecule has 1 heterocycles. The number of nitrogens with zero attached hydrogens (tertiary/aromatic N) is 1. The summed E-state index contributed by atoms with van der Waals surface area (Å²) in [7, 11) is 1.72. The smallest absolute Gasteiger partial charge is 0.408 e. The number of amides is 1. The van der Waals surface area contributed by atoms with Crippen molar-refractivity contribution < 1.29 is 14.3 Å². The van der Waals surface area contributed by atoms with Crippen LogP contribution in [0.4, 0.5) is 4.79 Å². The van der Waals surface area contributed by atoms with Gasteiger partial charge < -0.3 is 25.4 Å². The number of ether oxygens (including phenoxy) is 2. The molecular weight excluding hydrogens is 471 g/mol. The van der Waals surface area contributed by atoms with Gasteiger partial charge in [0, 0.05) is 20.0 Å². The largest absolute Gasteiger partial charge is 0.488 e. The zero-order chi connectivity index (χ0) is 20.1. The van der Waals surface area contributed by atoms with Gasteiger partial charge in [-0.3, -0.25) is 4.99 Å². The standard InChI is InChI=1S/C20H32N4O3.HI/c1-19(2,3)27-18(25)24-20(4,5)13-23-17(21-6)22-12-15-11-14-9-7-8-10-16(14)26-15;/h7-10,15H,11-13H2,1-6H3,(H,24,25)(H2,21,22,23);1H. The van der Waals surface area contributed by atoms with Crippen LogP contribution in [0.1, 0.15) is 40.2 Å². The van der Waals surface area contributed by atoms with E-state index in [4.69, 9.17) is 9.47 Å². The number of fused-ring (bicyclic) bond motifs is 1. The molecule has 0 fully saturated rings. The fourth-order valence-corrected chi connectivity index (χ4v) is 2.73. The third kappa shape index (κ3) is 8.12. The zero-order valence-corrected chi connectivity index (χ0v) is 19.9. The number of aliphatic imine (C=N–C) groups is 1. The minimum absolute atomic E-state index is 0. The topological polar surface area (TPSA) is 84.0 Å². The number of hydrogen-bond donors (Lipinski definition) is 3. The molecule has 0 bridgehead atoms. The lowest BCUT2D eigenvalue weighted by Crippen LogP contribution is -2.54. The highest BCUT2D eigenvalue weighted by atomic mass is 127. The molecule has 1 atom stereocenters. The maximum atomic E-state index is 12.0. The highest BCUT2D eigenvalue weighted by Crippen LogP contribution is 2.27. The highest BCUT2D eigenvalue weighted by molar-refractivity contribution is 14.0. The molecule has 0 aromatic heterocycles. The summed E-state index contributed by atoms with van der Waals surface area (Å²) >= 11 is 0. The number of rotatable bonds is 5. The Labute approximate surface area is 185 Å². The van der Waals surface area contributed by atoms with E-state index < -0.39 is 17.2 Å². The molecule has 2 rings (SSSR count). The van der Waals surface area contributed by atoms with E-state index in [1.165, 1.54) is 5.56 Å². The average Bonchev–Trinajstić information content (AvgIpc) is 2.95. The van der Waals surface area contributed by atoms with Crippen LogP contribution in [0.15, 0.2) is 29.3 Å². The van der Waals surface area contributed by atoms with E-state index in [-0.39, 0.29) is 30.1 Å². The van der Waals surface area contributed by atoms with Crippen molar-refractivity contribution in [3.63, 3.8) is 0 Å². The van der Waals surface area contributed by atoms with E-state index in [1.54, 1.807) is 7.05 Å². The van der Waals surface area contributed by atoms with Gasteiger partial charge in [0.1, 0.15) is 17.5 Å². The van der Waals surface area contributed by atoms with Gasteiger partial charge in [-0.15, -0.1) is 24.0 Å². The van der Waals surface area contributed by atoms with Crippen LogP contribution < -0.4 is 20.7 Å². The van der Waals surface area contributed by atoms with Crippen LogP contribution in [-0.2, 0) is 11.2 Å². The Morgan fingerprint density at radius 3 is 2.50 bits per heavy atom. The summed E-state index contributed by atoms with van der Waals surface area (Å²) in [5.74, 6) is 1.61. The zero-order valence-electron chi connectivity index (χ0n) is 17.6. The molecule has 1 aromatic carbocycles. The Morgan fingerprint density at radius 2 is 1.89 bits per heavy atom. The summed E-state index contributed by atoms with van der Waals surface area (Å²) in [6.45, 7) is 10.5. The molecule has 0 saturated carbocycles. The number of carbonyl (C=O) groups is 1. The van der Waals surface area contributed by atoms with Crippen molar-refractivity contribution >= 4 is 36.0 Å². The molecule has 0 radical (unpaired) electrons. The van der Waals surface area contributed by atoms with Gasteiger partial charge in [-0.25, -0.2) is 4.79 Å². The highest BCUT2D eigenvalue weighted by Gasteiger charge is 2.25. The Hall–Kier alpha value is -1.71. The first-order chi connectivity index (χ1) is 12.6. The van der Waals surface area contributed by atoms with Crippen LogP contribution >= 0.6 is 24.0 Å². The lowest BCUT2D eigenvalue weighted by atomic mass is 10.1. The summed E-state index contributed by atoms with van der Waals surface area (Å²) in [4.78, 5) is 16.2. The molecule has 7 nitrogen and oxygen atoms in total. The second kappa shape index (κ2) is 10.2. The van der Waals surface area contributed by atoms with Gasteiger partial charge in [0.2, 0.25) is 0 Å². The molecule has 28 heavy (non-hydrogen) atoms. The van der Waals surface area contributed by atoms with E-state index in [2.05, 4.69) is 27.0 Å². The van der Waals surface area contributed by atoms with Crippen LogP contribution in [0.25, 0.3) is 0 Å². The molecule has 1 aliphatic rings. The fourth-order valence-electron chi connectivity index (χ4n) is 2.73. The summed E-state index contributed by atoms with van der Waals surface area (Å²) in [5.41, 5.74) is 0.208. The first kappa shape index (κ1) is 24.3. The van der Waals surface area contributed by atoms with Gasteiger partial charge >= 0.3 is 6.09 Å². The normalized spacial score (nSPS) is 16.4. The Balaban J connectivity index is 0.00000392. The van der Waals surface area contributed by atoms with E-state index in [9.17, 15) is 4.79 Å².